The third kappa shape index (κ3) is 7.29. The predicted molar refractivity (Wildman–Crippen MR) is 60.6 cm³/mol. The van der Waals surface area contributed by atoms with Crippen LogP contribution >= 0.6 is 0 Å². The van der Waals surface area contributed by atoms with Crippen LogP contribution in [0, 0.1) is 0 Å². The van der Waals surface area contributed by atoms with Gasteiger partial charge in [-0.15, -0.1) is 0 Å². The lowest BCUT2D eigenvalue weighted by molar-refractivity contribution is 0.399. The fraction of sp³-hybridized carbons (Fsp3) is 0.333. The van der Waals surface area contributed by atoms with E-state index in [4.69, 9.17) is 5.11 Å². The lowest BCUT2D eigenvalue weighted by Crippen LogP contribution is -1.72. The van der Waals surface area contributed by atoms with Gasteiger partial charge in [-0.05, 0) is 12.5 Å². The third-order valence-electron chi connectivity index (χ3n) is 1.27. The molecule has 1 nitrogen and oxygen atoms in total. The first-order valence-electron chi connectivity index (χ1n) is 4.46. The fourth-order valence-electron chi connectivity index (χ4n) is 0.723. The van der Waals surface area contributed by atoms with Gasteiger partial charge in [-0.3, -0.25) is 0 Å². The van der Waals surface area contributed by atoms with Crippen molar-refractivity contribution in [2.24, 2.45) is 0 Å². The van der Waals surface area contributed by atoms with Crippen molar-refractivity contribution >= 4 is 5.57 Å². The van der Waals surface area contributed by atoms with Crippen molar-refractivity contribution in [3.63, 3.8) is 0 Å². The van der Waals surface area contributed by atoms with E-state index in [1.807, 2.05) is 39.0 Å². The van der Waals surface area contributed by atoms with Crippen molar-refractivity contribution < 1.29 is 5.11 Å². The van der Waals surface area contributed by atoms with Gasteiger partial charge in [-0.25, -0.2) is 0 Å². The van der Waals surface area contributed by atoms with Gasteiger partial charge in [0.2, 0.25) is 0 Å². The zero-order valence-electron chi connectivity index (χ0n) is 9.04. The highest BCUT2D eigenvalue weighted by Crippen LogP contribution is 2.08. The van der Waals surface area contributed by atoms with Gasteiger partial charge in [0.05, 0.1) is 0 Å². The van der Waals surface area contributed by atoms with Crippen LogP contribution in [-0.2, 0) is 0 Å². The molecule has 0 amide bonds. The van der Waals surface area contributed by atoms with E-state index in [2.05, 4.69) is 18.7 Å². The van der Waals surface area contributed by atoms with Crippen molar-refractivity contribution in [2.75, 3.05) is 7.11 Å². The largest absolute Gasteiger partial charge is 0.400 e. The highest BCUT2D eigenvalue weighted by Gasteiger charge is 1.86. The molecule has 0 bridgehead atoms. The molecule has 0 heterocycles. The van der Waals surface area contributed by atoms with Gasteiger partial charge in [-0.1, -0.05) is 56.3 Å². The van der Waals surface area contributed by atoms with Crippen LogP contribution in [0.4, 0.5) is 0 Å². The molecule has 74 valence electrons. The Labute approximate surface area is 81.7 Å². The molecule has 0 saturated carbocycles. The van der Waals surface area contributed by atoms with E-state index in [1.165, 1.54) is 5.56 Å². The van der Waals surface area contributed by atoms with E-state index in [0.29, 0.717) is 0 Å². The normalized spacial score (nSPS) is 7.15. The molecule has 1 heteroatoms. The first kappa shape index (κ1) is 14.4. The molecule has 1 N–H and O–H groups in total. The summed E-state index contributed by atoms with van der Waals surface area (Å²) in [6.45, 7) is 9.83. The van der Waals surface area contributed by atoms with E-state index in [1.54, 1.807) is 0 Å². The average Bonchev–Trinajstić information content (AvgIpc) is 2.25. The summed E-state index contributed by atoms with van der Waals surface area (Å²) < 4.78 is 0. The molecule has 1 aromatic rings. The Morgan fingerprint density at radius 1 is 1.08 bits per heavy atom. The second kappa shape index (κ2) is 10.9. The number of aliphatic hydroxyl groups is 1. The SMILES string of the molecule is C=C(C)c1ccccc1.CC.CO. The molecular weight excluding hydrogens is 160 g/mol. The summed E-state index contributed by atoms with van der Waals surface area (Å²) in [5, 5.41) is 7.00. The quantitative estimate of drug-likeness (QED) is 0.702. The van der Waals surface area contributed by atoms with Crippen LogP contribution in [-0.4, -0.2) is 12.2 Å². The van der Waals surface area contributed by atoms with Crippen LogP contribution in [0.15, 0.2) is 36.9 Å². The number of benzene rings is 1. The van der Waals surface area contributed by atoms with Crippen LogP contribution in [0.1, 0.15) is 26.3 Å². The summed E-state index contributed by atoms with van der Waals surface area (Å²) in [5.41, 5.74) is 2.34. The van der Waals surface area contributed by atoms with Gasteiger partial charge in [0, 0.05) is 7.11 Å². The Kier molecular flexibility index (Phi) is 12.1. The third-order valence-corrected chi connectivity index (χ3v) is 1.27. The summed E-state index contributed by atoms with van der Waals surface area (Å²) in [6, 6.07) is 10.2. The lowest BCUT2D eigenvalue weighted by atomic mass is 10.1. The number of aliphatic hydroxyl groups excluding tert-OH is 1. The predicted octanol–water partition coefficient (Wildman–Crippen LogP) is 3.35. The standard InChI is InChI=1S/C9H10.C2H6.CH4O/c1-8(2)9-6-4-3-5-7-9;2*1-2/h3-7H,1H2,2H3;1-2H3;2H,1H3. The van der Waals surface area contributed by atoms with Crippen LogP contribution in [0.25, 0.3) is 5.57 Å². The zero-order chi connectivity index (χ0) is 10.7. The minimum absolute atomic E-state index is 1.00. The zero-order valence-corrected chi connectivity index (χ0v) is 9.04. The van der Waals surface area contributed by atoms with Crippen LogP contribution in [0.5, 0.6) is 0 Å². The molecule has 0 fully saturated rings. The van der Waals surface area contributed by atoms with Crippen LogP contribution in [0.3, 0.4) is 0 Å². The Morgan fingerprint density at radius 2 is 1.46 bits per heavy atom. The molecule has 1 aromatic carbocycles. The Balaban J connectivity index is 0. The Morgan fingerprint density at radius 3 is 1.69 bits per heavy atom. The molecule has 0 atom stereocenters. The van der Waals surface area contributed by atoms with E-state index in [9.17, 15) is 0 Å². The van der Waals surface area contributed by atoms with Gasteiger partial charge in [-0.2, -0.15) is 0 Å². The van der Waals surface area contributed by atoms with Crippen LogP contribution in [0.2, 0.25) is 0 Å². The second-order valence-electron chi connectivity index (χ2n) is 2.15. The summed E-state index contributed by atoms with van der Waals surface area (Å²) in [6.07, 6.45) is 0. The van der Waals surface area contributed by atoms with Crippen molar-refractivity contribution in [3.05, 3.63) is 42.5 Å². The van der Waals surface area contributed by atoms with E-state index >= 15 is 0 Å². The summed E-state index contributed by atoms with van der Waals surface area (Å²) in [4.78, 5) is 0. The molecule has 0 aliphatic carbocycles. The van der Waals surface area contributed by atoms with Gasteiger partial charge in [0.1, 0.15) is 0 Å². The minimum atomic E-state index is 1.00. The molecule has 0 aromatic heterocycles. The fourth-order valence-corrected chi connectivity index (χ4v) is 0.723. The smallest absolute Gasteiger partial charge is 0.0319 e. The summed E-state index contributed by atoms with van der Waals surface area (Å²) in [7, 11) is 1.00. The summed E-state index contributed by atoms with van der Waals surface area (Å²) in [5.74, 6) is 0. The number of hydrogen-bond acceptors (Lipinski definition) is 1. The van der Waals surface area contributed by atoms with E-state index < -0.39 is 0 Å². The van der Waals surface area contributed by atoms with Gasteiger partial charge >= 0.3 is 0 Å². The minimum Gasteiger partial charge on any atom is -0.400 e. The average molecular weight is 180 g/mol. The van der Waals surface area contributed by atoms with E-state index in [0.717, 1.165) is 12.7 Å². The van der Waals surface area contributed by atoms with Gasteiger partial charge in [0.25, 0.3) is 0 Å². The maximum Gasteiger partial charge on any atom is 0.0319 e. The summed E-state index contributed by atoms with van der Waals surface area (Å²) >= 11 is 0. The monoisotopic (exact) mass is 180 g/mol. The number of hydrogen-bond donors (Lipinski definition) is 1. The molecule has 0 unspecified atom stereocenters. The van der Waals surface area contributed by atoms with E-state index in [-0.39, 0.29) is 0 Å². The Hall–Kier alpha value is -1.08. The topological polar surface area (TPSA) is 20.2 Å². The maximum atomic E-state index is 7.00. The molecule has 0 aliphatic rings. The lowest BCUT2D eigenvalue weighted by Gasteiger charge is -1.94. The molecule has 13 heavy (non-hydrogen) atoms. The number of rotatable bonds is 1. The van der Waals surface area contributed by atoms with Crippen LogP contribution < -0.4 is 0 Å². The van der Waals surface area contributed by atoms with Gasteiger partial charge < -0.3 is 5.11 Å². The maximum absolute atomic E-state index is 7.00. The van der Waals surface area contributed by atoms with Crippen molar-refractivity contribution in [2.45, 2.75) is 20.8 Å². The first-order chi connectivity index (χ1) is 6.30. The highest BCUT2D eigenvalue weighted by molar-refractivity contribution is 5.60. The van der Waals surface area contributed by atoms with Crippen molar-refractivity contribution in [1.29, 1.82) is 0 Å². The Bertz CT molecular complexity index is 202. The second-order valence-corrected chi connectivity index (χ2v) is 2.15. The molecule has 0 aliphatic heterocycles. The number of allylic oxidation sites excluding steroid dienone is 1. The molecule has 0 radical (unpaired) electrons. The molecule has 0 saturated heterocycles. The van der Waals surface area contributed by atoms with Crippen molar-refractivity contribution in [3.8, 4) is 0 Å². The van der Waals surface area contributed by atoms with Gasteiger partial charge in [0.15, 0.2) is 0 Å². The first-order valence-corrected chi connectivity index (χ1v) is 4.46. The molecule has 0 spiro atoms. The highest BCUT2D eigenvalue weighted by atomic mass is 16.2. The van der Waals surface area contributed by atoms with Crippen molar-refractivity contribution in [1.82, 2.24) is 0 Å². The molecular formula is C12H20O. The molecule has 1 rings (SSSR count).